The molecule has 2 heterocycles. The number of nitrogens with one attached hydrogen (secondary N) is 1. The van der Waals surface area contributed by atoms with Gasteiger partial charge in [-0.2, -0.15) is 5.01 Å². The number of ether oxygens (including phenoxy) is 1. The van der Waals surface area contributed by atoms with Gasteiger partial charge >= 0.3 is 0 Å². The van der Waals surface area contributed by atoms with Gasteiger partial charge in [0.15, 0.2) is 0 Å². The summed E-state index contributed by atoms with van der Waals surface area (Å²) in [5, 5.41) is 23.6. The number of nitrogens with zero attached hydrogens (tertiary/aromatic N) is 3. The van der Waals surface area contributed by atoms with Crippen molar-refractivity contribution in [2.24, 2.45) is 23.7 Å². The molecule has 6 atom stereocenters. The number of aromatic hydroxyl groups is 1. The topological polar surface area (TPSA) is 159 Å². The summed E-state index contributed by atoms with van der Waals surface area (Å²) in [7, 11) is 1.51. The Kier molecular flexibility index (Phi) is 8.67. The minimum absolute atomic E-state index is 0.00979. The largest absolute Gasteiger partial charge is 0.508 e. The number of hydrogen-bond acceptors (Lipinski definition) is 9. The minimum atomic E-state index is -1.66. The van der Waals surface area contributed by atoms with Crippen LogP contribution in [0.15, 0.2) is 96.6 Å². The second kappa shape index (κ2) is 13.2. The molecule has 54 heavy (non-hydrogen) atoms. The fourth-order valence-electron chi connectivity index (χ4n) is 8.94. The van der Waals surface area contributed by atoms with Crippen LogP contribution < -0.4 is 15.1 Å². The average Bonchev–Trinajstić information content (AvgIpc) is 3.53. The number of fused-ring (bicyclic) bond motifs is 4. The first-order valence-corrected chi connectivity index (χ1v) is 18.1. The van der Waals surface area contributed by atoms with Crippen molar-refractivity contribution in [1.82, 2.24) is 5.01 Å². The molecule has 0 aromatic heterocycles. The second-order valence-corrected chi connectivity index (χ2v) is 15.0. The van der Waals surface area contributed by atoms with Gasteiger partial charge in [0.25, 0.3) is 17.5 Å². The maximum atomic E-state index is 15.4. The monoisotopic (exact) mass is 786 g/mol. The van der Waals surface area contributed by atoms with Gasteiger partial charge in [0.05, 0.1) is 51.6 Å². The summed E-state index contributed by atoms with van der Waals surface area (Å²) in [4.78, 5) is 70.8. The lowest BCUT2D eigenvalue weighted by Crippen LogP contribution is -2.53. The number of hydrazine groups is 1. The van der Waals surface area contributed by atoms with Crippen molar-refractivity contribution in [1.29, 1.82) is 0 Å². The number of anilines is 2. The first-order chi connectivity index (χ1) is 25.9. The summed E-state index contributed by atoms with van der Waals surface area (Å²) in [5.41, 5.74) is 2.83. The summed E-state index contributed by atoms with van der Waals surface area (Å²) in [6, 6.07) is 21.1. The number of imide groups is 2. The minimum Gasteiger partial charge on any atom is -0.508 e. The molecule has 1 saturated carbocycles. The number of amides is 4. The Labute approximate surface area is 323 Å². The summed E-state index contributed by atoms with van der Waals surface area (Å²) < 4.78 is 5.43. The number of hydrogen-bond donors (Lipinski definition) is 2. The zero-order valence-corrected chi connectivity index (χ0v) is 30.5. The van der Waals surface area contributed by atoms with E-state index in [0.29, 0.717) is 27.5 Å². The highest BCUT2D eigenvalue weighted by molar-refractivity contribution is 6.36. The molecule has 2 aliphatic carbocycles. The van der Waals surface area contributed by atoms with E-state index in [1.807, 2.05) is 6.08 Å². The molecule has 8 rings (SSSR count). The zero-order valence-electron chi connectivity index (χ0n) is 28.2. The van der Waals surface area contributed by atoms with Crippen LogP contribution in [0.4, 0.5) is 17.1 Å². The van der Waals surface area contributed by atoms with Gasteiger partial charge in [-0.1, -0.05) is 70.7 Å². The second-order valence-electron chi connectivity index (χ2n) is 13.7. The van der Waals surface area contributed by atoms with Crippen molar-refractivity contribution in [3.8, 4) is 11.5 Å². The maximum absolute atomic E-state index is 15.4. The van der Waals surface area contributed by atoms with Crippen LogP contribution in [-0.2, 0) is 24.6 Å². The third kappa shape index (κ3) is 5.26. The molecule has 0 radical (unpaired) electrons. The van der Waals surface area contributed by atoms with Crippen LogP contribution in [0.25, 0.3) is 0 Å². The molecule has 4 aromatic rings. The molecule has 0 bridgehead atoms. The molecule has 4 amide bonds. The molecule has 3 fully saturated rings. The Hall–Kier alpha value is -5.43. The lowest BCUT2D eigenvalue weighted by atomic mass is 9.49. The molecule has 12 nitrogen and oxygen atoms in total. The predicted molar refractivity (Wildman–Crippen MR) is 199 cm³/mol. The Morgan fingerprint density at radius 1 is 0.889 bits per heavy atom. The van der Waals surface area contributed by atoms with Gasteiger partial charge in [-0.15, -0.1) is 0 Å². The van der Waals surface area contributed by atoms with Crippen LogP contribution in [0.1, 0.15) is 29.9 Å². The van der Waals surface area contributed by atoms with Crippen molar-refractivity contribution < 1.29 is 33.9 Å². The Balaban J connectivity index is 1.33. The lowest BCUT2D eigenvalue weighted by molar-refractivity contribution is -0.384. The highest BCUT2D eigenvalue weighted by Gasteiger charge is 2.70. The first-order valence-electron chi connectivity index (χ1n) is 16.9. The number of halogens is 3. The van der Waals surface area contributed by atoms with Crippen LogP contribution in [-0.4, -0.2) is 45.8 Å². The molecule has 2 N–H and O–H groups in total. The number of phenols is 1. The van der Waals surface area contributed by atoms with Crippen LogP contribution in [0.5, 0.6) is 11.5 Å². The molecule has 4 aliphatic rings. The van der Waals surface area contributed by atoms with E-state index in [-0.39, 0.29) is 45.7 Å². The fourth-order valence-corrected chi connectivity index (χ4v) is 9.67. The van der Waals surface area contributed by atoms with Gasteiger partial charge in [-0.3, -0.25) is 34.7 Å². The number of phenolic OH excluding ortho intramolecular Hbond substituents is 1. The van der Waals surface area contributed by atoms with Crippen LogP contribution in [0.2, 0.25) is 15.1 Å². The average molecular weight is 788 g/mol. The Bertz CT molecular complexity index is 2330. The normalized spacial score (nSPS) is 25.9. The molecule has 15 heteroatoms. The third-order valence-corrected chi connectivity index (χ3v) is 12.0. The number of nitro groups is 1. The summed E-state index contributed by atoms with van der Waals surface area (Å²) in [6.07, 6.45) is 1.96. The van der Waals surface area contributed by atoms with Crippen molar-refractivity contribution in [3.05, 3.63) is 133 Å². The molecule has 0 spiro atoms. The van der Waals surface area contributed by atoms with Crippen LogP contribution in [0, 0.1) is 33.8 Å². The smallest absolute Gasteiger partial charge is 0.271 e. The lowest BCUT2D eigenvalue weighted by Gasteiger charge is -2.50. The van der Waals surface area contributed by atoms with Crippen molar-refractivity contribution in [3.63, 3.8) is 0 Å². The molecule has 274 valence electrons. The highest BCUT2D eigenvalue weighted by atomic mass is 35.5. The van der Waals surface area contributed by atoms with Crippen molar-refractivity contribution in [2.45, 2.75) is 24.2 Å². The number of carbonyl (C=O) groups excluding carboxylic acids is 4. The molecule has 0 unspecified atom stereocenters. The first kappa shape index (κ1) is 35.6. The van der Waals surface area contributed by atoms with Crippen molar-refractivity contribution in [2.75, 3.05) is 17.4 Å². The Morgan fingerprint density at radius 3 is 2.33 bits per heavy atom. The van der Waals surface area contributed by atoms with E-state index in [2.05, 4.69) is 5.43 Å². The molecular weight excluding hydrogens is 759 g/mol. The van der Waals surface area contributed by atoms with Crippen LogP contribution >= 0.6 is 34.8 Å². The van der Waals surface area contributed by atoms with Gasteiger partial charge in [0, 0.05) is 28.1 Å². The van der Waals surface area contributed by atoms with Crippen molar-refractivity contribution >= 4 is 75.5 Å². The van der Waals surface area contributed by atoms with E-state index in [0.717, 1.165) is 9.91 Å². The summed E-state index contributed by atoms with van der Waals surface area (Å²) in [5.74, 6) is -6.50. The summed E-state index contributed by atoms with van der Waals surface area (Å²) in [6.45, 7) is 0. The molecule has 2 aliphatic heterocycles. The van der Waals surface area contributed by atoms with Gasteiger partial charge in [-0.05, 0) is 78.4 Å². The van der Waals surface area contributed by atoms with E-state index in [1.165, 1.54) is 49.6 Å². The number of benzene rings is 4. The number of non-ortho nitro benzene ring substituents is 1. The number of carbonyl (C=O) groups is 4. The van der Waals surface area contributed by atoms with Gasteiger partial charge in [0.2, 0.25) is 11.8 Å². The number of allylic oxidation sites excluding steroid dienone is 2. The number of nitro benzene ring substituents is 1. The zero-order chi connectivity index (χ0) is 38.2. The SMILES string of the molecule is COc1ccc([C@@]23C(=O)N(Nc4ccc(Cl)cc4Cl)C(=O)[C@@H]2C[C@@H]2C(=CC[C@@H]4C(=O)N(c5cccc([N+](=O)[O-])c5)C(=O)[C@@H]42)[C@@H]3c2ccc(O)cc2Cl)cc1. The number of methoxy groups -OCH3 is 1. The van der Waals surface area contributed by atoms with Crippen LogP contribution in [0.3, 0.4) is 0 Å². The standard InChI is InChI=1S/C39H29Cl3N4O8/c1-54-24-9-5-19(6-10-24)39-29(36(49)45(38(39)51)43-32-14-7-20(40)15-31(32)42)18-28-25(34(39)26-11-8-23(47)17-30(26)41)12-13-27-33(28)37(50)44(35(27)48)21-3-2-4-22(16-21)46(52)53/h2-12,14-17,27-29,33-34,43,47H,13,18H2,1H3/t27-,28+,29-,33-,34+,39+/m0/s1. The molecule has 2 saturated heterocycles. The van der Waals surface area contributed by atoms with E-state index >= 15 is 4.79 Å². The summed E-state index contributed by atoms with van der Waals surface area (Å²) >= 11 is 19.6. The van der Waals surface area contributed by atoms with Gasteiger partial charge in [0.1, 0.15) is 11.5 Å². The van der Waals surface area contributed by atoms with E-state index in [4.69, 9.17) is 39.5 Å². The van der Waals surface area contributed by atoms with E-state index in [1.54, 1.807) is 42.5 Å². The fraction of sp³-hybridized carbons (Fsp3) is 0.231. The number of rotatable bonds is 7. The highest BCUT2D eigenvalue weighted by Crippen LogP contribution is 2.65. The molecular formula is C39H29Cl3N4O8. The molecule has 4 aromatic carbocycles. The van der Waals surface area contributed by atoms with Gasteiger partial charge < -0.3 is 9.84 Å². The van der Waals surface area contributed by atoms with E-state index < -0.39 is 63.6 Å². The third-order valence-electron chi connectivity index (χ3n) is 11.2. The quantitative estimate of drug-likeness (QED) is 0.0839. The predicted octanol–water partition coefficient (Wildman–Crippen LogP) is 7.46. The Morgan fingerprint density at radius 2 is 1.65 bits per heavy atom. The van der Waals surface area contributed by atoms with E-state index in [9.17, 15) is 29.6 Å². The maximum Gasteiger partial charge on any atom is 0.271 e. The van der Waals surface area contributed by atoms with Gasteiger partial charge in [-0.25, -0.2) is 4.90 Å².